The van der Waals surface area contributed by atoms with Gasteiger partial charge in [0.05, 0.1) is 22.4 Å². The molecule has 0 saturated carbocycles. The van der Waals surface area contributed by atoms with Gasteiger partial charge in [0, 0.05) is 17.7 Å². The summed E-state index contributed by atoms with van der Waals surface area (Å²) >= 11 is 3.37. The van der Waals surface area contributed by atoms with E-state index in [1.807, 2.05) is 25.1 Å². The molecule has 7 heteroatoms. The van der Waals surface area contributed by atoms with Crippen molar-refractivity contribution in [2.24, 2.45) is 0 Å². The molecule has 0 radical (unpaired) electrons. The topological polar surface area (TPSA) is 84.7 Å². The van der Waals surface area contributed by atoms with E-state index in [-0.39, 0.29) is 16.5 Å². The van der Waals surface area contributed by atoms with Crippen LogP contribution < -0.4 is 0 Å². The number of halogens is 1. The van der Waals surface area contributed by atoms with E-state index in [2.05, 4.69) is 30.9 Å². The van der Waals surface area contributed by atoms with E-state index in [1.165, 1.54) is 6.07 Å². The van der Waals surface area contributed by atoms with Crippen LogP contribution in [0.25, 0.3) is 11.3 Å². The maximum atomic E-state index is 11.2. The Bertz CT molecular complexity index is 878. The van der Waals surface area contributed by atoms with E-state index in [1.54, 1.807) is 24.4 Å². The van der Waals surface area contributed by atoms with Crippen molar-refractivity contribution in [3.05, 3.63) is 74.9 Å². The van der Waals surface area contributed by atoms with Crippen LogP contribution in [0, 0.1) is 10.1 Å². The van der Waals surface area contributed by atoms with E-state index < -0.39 is 0 Å². The number of aromatic nitrogens is 3. The predicted molar refractivity (Wildman–Crippen MR) is 94.7 cm³/mol. The molecule has 0 bridgehead atoms. The Labute approximate surface area is 147 Å². The lowest BCUT2D eigenvalue weighted by molar-refractivity contribution is -0.384. The maximum absolute atomic E-state index is 11.2. The number of imidazole rings is 1. The van der Waals surface area contributed by atoms with Crippen LogP contribution >= 0.6 is 15.9 Å². The average molecular weight is 387 g/mol. The van der Waals surface area contributed by atoms with Crippen LogP contribution in [0.5, 0.6) is 0 Å². The maximum Gasteiger partial charge on any atom is 0.278 e. The van der Waals surface area contributed by atoms with E-state index >= 15 is 0 Å². The number of para-hydroxylation sites is 1. The second-order valence-electron chi connectivity index (χ2n) is 5.51. The zero-order valence-corrected chi connectivity index (χ0v) is 14.5. The van der Waals surface area contributed by atoms with Crippen molar-refractivity contribution < 1.29 is 4.92 Å². The quantitative estimate of drug-likeness (QED) is 0.397. The van der Waals surface area contributed by atoms with Gasteiger partial charge in [0.1, 0.15) is 10.4 Å². The minimum Gasteiger partial charge on any atom is -0.342 e. The summed E-state index contributed by atoms with van der Waals surface area (Å²) in [4.78, 5) is 22.8. The third-order valence-corrected chi connectivity index (χ3v) is 4.18. The van der Waals surface area contributed by atoms with Gasteiger partial charge in [0.2, 0.25) is 0 Å². The molecule has 0 fully saturated rings. The van der Waals surface area contributed by atoms with Crippen molar-refractivity contribution >= 4 is 21.6 Å². The highest BCUT2D eigenvalue weighted by Crippen LogP contribution is 2.29. The Morgan fingerprint density at radius 3 is 2.79 bits per heavy atom. The third-order valence-electron chi connectivity index (χ3n) is 3.74. The first kappa shape index (κ1) is 16.3. The minimum absolute atomic E-state index is 0.0639. The molecule has 0 aliphatic rings. The smallest absolute Gasteiger partial charge is 0.278 e. The molecule has 2 heterocycles. The van der Waals surface area contributed by atoms with Gasteiger partial charge in [-0.2, -0.15) is 0 Å². The molecule has 6 nitrogen and oxygen atoms in total. The Kier molecular flexibility index (Phi) is 4.71. The summed E-state index contributed by atoms with van der Waals surface area (Å²) in [5.41, 5.74) is 2.20. The first-order chi connectivity index (χ1) is 11.5. The van der Waals surface area contributed by atoms with Gasteiger partial charge in [-0.3, -0.25) is 10.1 Å². The standard InChI is InChI=1S/C17H15BrN4O2/c1-11(9-12-5-4-8-16(18)20-12)17-19-10-14(21-17)13-6-2-3-7-15(13)22(23)24/h2-8,10-11H,9H2,1H3,(H,19,21). The fourth-order valence-corrected chi connectivity index (χ4v) is 2.94. The van der Waals surface area contributed by atoms with Crippen LogP contribution in [-0.2, 0) is 6.42 Å². The van der Waals surface area contributed by atoms with E-state index in [4.69, 9.17) is 0 Å². The van der Waals surface area contributed by atoms with E-state index in [9.17, 15) is 10.1 Å². The molecule has 0 saturated heterocycles. The van der Waals surface area contributed by atoms with Gasteiger partial charge in [0.15, 0.2) is 0 Å². The molecule has 0 aliphatic heterocycles. The van der Waals surface area contributed by atoms with Crippen molar-refractivity contribution in [2.45, 2.75) is 19.3 Å². The van der Waals surface area contributed by atoms with Gasteiger partial charge < -0.3 is 4.98 Å². The molecule has 1 atom stereocenters. The van der Waals surface area contributed by atoms with Crippen molar-refractivity contribution in [1.82, 2.24) is 15.0 Å². The number of hydrogen-bond acceptors (Lipinski definition) is 4. The number of nitrogens with one attached hydrogen (secondary N) is 1. The van der Waals surface area contributed by atoms with Gasteiger partial charge in [0.25, 0.3) is 5.69 Å². The molecule has 2 aromatic heterocycles. The number of benzene rings is 1. The van der Waals surface area contributed by atoms with Crippen LogP contribution in [0.15, 0.2) is 53.3 Å². The molecule has 3 aromatic rings. The summed E-state index contributed by atoms with van der Waals surface area (Å²) in [5.74, 6) is 0.897. The molecule has 24 heavy (non-hydrogen) atoms. The van der Waals surface area contributed by atoms with Crippen LogP contribution in [0.4, 0.5) is 5.69 Å². The monoisotopic (exact) mass is 386 g/mol. The third kappa shape index (κ3) is 3.51. The molecular weight excluding hydrogens is 372 g/mol. The van der Waals surface area contributed by atoms with Crippen molar-refractivity contribution in [3.8, 4) is 11.3 Å². The van der Waals surface area contributed by atoms with Crippen LogP contribution in [-0.4, -0.2) is 19.9 Å². The number of aromatic amines is 1. The van der Waals surface area contributed by atoms with E-state index in [0.29, 0.717) is 11.3 Å². The fourth-order valence-electron chi connectivity index (χ4n) is 2.56. The summed E-state index contributed by atoms with van der Waals surface area (Å²) < 4.78 is 0.798. The van der Waals surface area contributed by atoms with Crippen LogP contribution in [0.3, 0.4) is 0 Å². The molecule has 1 unspecified atom stereocenters. The molecular formula is C17H15BrN4O2. The van der Waals surface area contributed by atoms with Crippen LogP contribution in [0.2, 0.25) is 0 Å². The largest absolute Gasteiger partial charge is 0.342 e. The SMILES string of the molecule is CC(Cc1cccc(Br)n1)c1ncc(-c2ccccc2[N+](=O)[O-])[nH]1. The summed E-state index contributed by atoms with van der Waals surface area (Å²) in [6, 6.07) is 12.4. The Balaban J connectivity index is 1.84. The highest BCUT2D eigenvalue weighted by atomic mass is 79.9. The number of nitrogens with zero attached hydrogens (tertiary/aromatic N) is 3. The number of H-pyrrole nitrogens is 1. The Hall–Kier alpha value is -2.54. The van der Waals surface area contributed by atoms with Gasteiger partial charge in [-0.15, -0.1) is 0 Å². The lowest BCUT2D eigenvalue weighted by Crippen LogP contribution is -2.02. The first-order valence-corrected chi connectivity index (χ1v) is 8.24. The highest BCUT2D eigenvalue weighted by Gasteiger charge is 2.18. The number of nitro benzene ring substituents is 1. The van der Waals surface area contributed by atoms with E-state index in [0.717, 1.165) is 22.5 Å². The van der Waals surface area contributed by atoms with Gasteiger partial charge in [-0.05, 0) is 40.5 Å². The minimum atomic E-state index is -0.384. The highest BCUT2D eigenvalue weighted by molar-refractivity contribution is 9.10. The van der Waals surface area contributed by atoms with Crippen molar-refractivity contribution in [2.75, 3.05) is 0 Å². The summed E-state index contributed by atoms with van der Waals surface area (Å²) in [6.45, 7) is 2.05. The molecule has 1 aromatic carbocycles. The fraction of sp³-hybridized carbons (Fsp3) is 0.176. The molecule has 0 aliphatic carbocycles. The van der Waals surface area contributed by atoms with Gasteiger partial charge in [-0.1, -0.05) is 25.1 Å². The zero-order chi connectivity index (χ0) is 17.1. The number of hydrogen-bond donors (Lipinski definition) is 1. The lowest BCUT2D eigenvalue weighted by atomic mass is 10.0. The van der Waals surface area contributed by atoms with Crippen LogP contribution in [0.1, 0.15) is 24.4 Å². The molecule has 0 amide bonds. The normalized spacial score (nSPS) is 12.1. The summed E-state index contributed by atoms with van der Waals surface area (Å²) in [7, 11) is 0. The van der Waals surface area contributed by atoms with Gasteiger partial charge in [-0.25, -0.2) is 9.97 Å². The molecule has 0 spiro atoms. The average Bonchev–Trinajstić information content (AvgIpc) is 3.05. The second-order valence-corrected chi connectivity index (χ2v) is 6.33. The molecule has 3 rings (SSSR count). The zero-order valence-electron chi connectivity index (χ0n) is 12.9. The van der Waals surface area contributed by atoms with Crippen molar-refractivity contribution in [3.63, 3.8) is 0 Å². The summed E-state index contributed by atoms with van der Waals surface area (Å²) in [5, 5.41) is 11.2. The Morgan fingerprint density at radius 2 is 2.04 bits per heavy atom. The molecule has 122 valence electrons. The number of pyridine rings is 1. The Morgan fingerprint density at radius 1 is 1.25 bits per heavy atom. The predicted octanol–water partition coefficient (Wildman–Crippen LogP) is 4.49. The second kappa shape index (κ2) is 6.92. The number of rotatable bonds is 5. The van der Waals surface area contributed by atoms with Crippen molar-refractivity contribution in [1.29, 1.82) is 0 Å². The number of nitro groups is 1. The van der Waals surface area contributed by atoms with Gasteiger partial charge >= 0.3 is 0 Å². The molecule has 1 N–H and O–H groups in total. The lowest BCUT2D eigenvalue weighted by Gasteiger charge is -2.08. The summed E-state index contributed by atoms with van der Waals surface area (Å²) in [6.07, 6.45) is 2.37. The first-order valence-electron chi connectivity index (χ1n) is 7.44.